The van der Waals surface area contributed by atoms with Gasteiger partial charge in [-0.25, -0.2) is 0 Å². The van der Waals surface area contributed by atoms with Crippen LogP contribution < -0.4 is 9.47 Å². The Labute approximate surface area is 197 Å². The third-order valence-corrected chi connectivity index (χ3v) is 9.04. The lowest BCUT2D eigenvalue weighted by Gasteiger charge is -2.59. The zero-order valence-corrected chi connectivity index (χ0v) is 20.1. The number of hydrogen-bond acceptors (Lipinski definition) is 5. The van der Waals surface area contributed by atoms with Crippen molar-refractivity contribution in [2.45, 2.75) is 70.0 Å². The average molecular weight is 450 g/mol. The van der Waals surface area contributed by atoms with Crippen LogP contribution >= 0.6 is 0 Å². The summed E-state index contributed by atoms with van der Waals surface area (Å²) in [6, 6.07) is 15.1. The van der Waals surface area contributed by atoms with E-state index in [2.05, 4.69) is 69.1 Å². The van der Waals surface area contributed by atoms with E-state index < -0.39 is 0 Å². The molecule has 0 bridgehead atoms. The molecule has 0 N–H and O–H groups in total. The second-order valence-corrected chi connectivity index (χ2v) is 10.5. The van der Waals surface area contributed by atoms with Crippen molar-refractivity contribution >= 4 is 0 Å². The summed E-state index contributed by atoms with van der Waals surface area (Å²) in [6.07, 6.45) is 2.42. The van der Waals surface area contributed by atoms with E-state index in [1.54, 1.807) is 0 Å². The van der Waals surface area contributed by atoms with Crippen LogP contribution in [0.2, 0.25) is 0 Å². The fourth-order valence-electron chi connectivity index (χ4n) is 7.17. The Morgan fingerprint density at radius 2 is 1.91 bits per heavy atom. The summed E-state index contributed by atoms with van der Waals surface area (Å²) >= 11 is 0. The maximum absolute atomic E-state index is 6.95. The third-order valence-electron chi connectivity index (χ3n) is 9.04. The van der Waals surface area contributed by atoms with Crippen molar-refractivity contribution in [3.63, 3.8) is 0 Å². The number of rotatable bonds is 3. The van der Waals surface area contributed by atoms with Crippen LogP contribution in [0.5, 0.6) is 11.5 Å². The van der Waals surface area contributed by atoms with E-state index in [1.165, 1.54) is 11.1 Å². The lowest BCUT2D eigenvalue weighted by Crippen LogP contribution is -2.68. The number of fused-ring (bicyclic) bond motifs is 3. The average Bonchev–Trinajstić information content (AvgIpc) is 3.18. The number of likely N-dealkylation sites (tertiary alicyclic amines) is 1. The summed E-state index contributed by atoms with van der Waals surface area (Å²) in [6.45, 7) is 8.78. The van der Waals surface area contributed by atoms with Crippen molar-refractivity contribution in [3.05, 3.63) is 59.2 Å². The molecule has 33 heavy (non-hydrogen) atoms. The summed E-state index contributed by atoms with van der Waals surface area (Å²) in [5.41, 5.74) is 3.78. The monoisotopic (exact) mass is 449 g/mol. The minimum Gasteiger partial charge on any atom is -0.485 e. The van der Waals surface area contributed by atoms with Crippen molar-refractivity contribution in [1.29, 1.82) is 0 Å². The van der Waals surface area contributed by atoms with Gasteiger partial charge in [0.1, 0.15) is 25.6 Å². The van der Waals surface area contributed by atoms with Gasteiger partial charge in [0.05, 0.1) is 6.10 Å². The van der Waals surface area contributed by atoms with E-state index in [0.717, 1.165) is 36.4 Å². The van der Waals surface area contributed by atoms with Gasteiger partial charge in [-0.2, -0.15) is 0 Å². The van der Waals surface area contributed by atoms with Gasteiger partial charge < -0.3 is 23.8 Å². The van der Waals surface area contributed by atoms with Gasteiger partial charge in [-0.05, 0) is 70.3 Å². The number of ether oxygens (including phenoxy) is 4. The third kappa shape index (κ3) is 3.16. The fraction of sp³-hybridized carbons (Fsp3) is 0.571. The lowest BCUT2D eigenvalue weighted by atomic mass is 9.52. The first-order chi connectivity index (χ1) is 16.0. The molecule has 3 fully saturated rings. The first-order valence-corrected chi connectivity index (χ1v) is 12.4. The zero-order valence-electron chi connectivity index (χ0n) is 20.1. The summed E-state index contributed by atoms with van der Waals surface area (Å²) < 4.78 is 25.6. The molecule has 0 radical (unpaired) electrons. The van der Waals surface area contributed by atoms with Gasteiger partial charge in [-0.1, -0.05) is 36.4 Å². The van der Waals surface area contributed by atoms with Crippen LogP contribution in [0.15, 0.2) is 42.5 Å². The van der Waals surface area contributed by atoms with E-state index in [0.29, 0.717) is 31.3 Å². The van der Waals surface area contributed by atoms with E-state index in [4.69, 9.17) is 18.9 Å². The molecule has 1 aliphatic carbocycles. The number of piperidine rings is 1. The normalized spacial score (nSPS) is 37.3. The Morgan fingerprint density at radius 3 is 2.73 bits per heavy atom. The molecule has 1 spiro atoms. The van der Waals surface area contributed by atoms with Crippen LogP contribution in [0.3, 0.4) is 0 Å². The summed E-state index contributed by atoms with van der Waals surface area (Å²) in [7, 11) is 2.26. The van der Waals surface area contributed by atoms with Crippen LogP contribution in [0.25, 0.3) is 0 Å². The Bertz CT molecular complexity index is 1030. The number of nitrogens with zero attached hydrogens (tertiary/aromatic N) is 1. The molecule has 4 aliphatic rings. The highest BCUT2D eigenvalue weighted by atomic mass is 16.7. The summed E-state index contributed by atoms with van der Waals surface area (Å²) in [5, 5.41) is 0. The minimum absolute atomic E-state index is 0.000995. The second kappa shape index (κ2) is 8.00. The van der Waals surface area contributed by atoms with Crippen molar-refractivity contribution in [2.75, 3.05) is 20.4 Å². The van der Waals surface area contributed by atoms with Crippen molar-refractivity contribution in [1.82, 2.24) is 4.90 Å². The fourth-order valence-corrected chi connectivity index (χ4v) is 7.17. The van der Waals surface area contributed by atoms with E-state index in [1.807, 2.05) is 6.07 Å². The molecule has 176 valence electrons. The van der Waals surface area contributed by atoms with Crippen molar-refractivity contribution < 1.29 is 18.9 Å². The summed E-state index contributed by atoms with van der Waals surface area (Å²) in [5.74, 6) is 2.63. The van der Waals surface area contributed by atoms with Gasteiger partial charge in [0.2, 0.25) is 0 Å². The second-order valence-electron chi connectivity index (χ2n) is 10.5. The molecule has 6 rings (SSSR count). The Balaban J connectivity index is 1.44. The highest BCUT2D eigenvalue weighted by Crippen LogP contribution is 2.63. The molecule has 5 unspecified atom stereocenters. The smallest absolute Gasteiger partial charge is 0.165 e. The lowest BCUT2D eigenvalue weighted by molar-refractivity contribution is -0.256. The highest BCUT2D eigenvalue weighted by Gasteiger charge is 2.66. The minimum atomic E-state index is -0.0459. The standard InChI is InChI=1S/C28H35NO4/c1-17-10-11-23(30-15-20-8-6-5-7-9-20)26-24(17)28-12-13-29(4)18(2)22(28)14-21-19(3)31-16-32-25(21)27(28)33-26/h5-11,18-19,21-22,25,27H,12-16H2,1-4H3/t18?,19?,21-,22?,25?,27+,28?/m1/s1. The molecule has 3 heterocycles. The van der Waals surface area contributed by atoms with Gasteiger partial charge in [-0.3, -0.25) is 0 Å². The van der Waals surface area contributed by atoms with E-state index in [-0.39, 0.29) is 23.7 Å². The molecular formula is C28H35NO4. The van der Waals surface area contributed by atoms with Gasteiger partial charge in [-0.15, -0.1) is 0 Å². The van der Waals surface area contributed by atoms with Crippen LogP contribution in [0.1, 0.15) is 43.4 Å². The maximum Gasteiger partial charge on any atom is 0.165 e. The van der Waals surface area contributed by atoms with Crippen molar-refractivity contribution in [3.8, 4) is 11.5 Å². The van der Waals surface area contributed by atoms with Gasteiger partial charge >= 0.3 is 0 Å². The van der Waals surface area contributed by atoms with Gasteiger partial charge in [0.15, 0.2) is 11.5 Å². The topological polar surface area (TPSA) is 40.2 Å². The SMILES string of the molecule is Cc1ccc(OCc2ccccc2)c2c1C13CCN(C)C(C)C1C[C@@H]1C(C)OCOC1[C@@H]3O2. The molecule has 0 amide bonds. The molecule has 2 saturated heterocycles. The first kappa shape index (κ1) is 21.5. The van der Waals surface area contributed by atoms with Gasteiger partial charge in [0, 0.05) is 22.9 Å². The number of benzene rings is 2. The molecule has 1 saturated carbocycles. The molecule has 5 heteroatoms. The van der Waals surface area contributed by atoms with Crippen LogP contribution in [0.4, 0.5) is 0 Å². The maximum atomic E-state index is 6.95. The van der Waals surface area contributed by atoms with E-state index in [9.17, 15) is 0 Å². The predicted octanol–water partition coefficient (Wildman–Crippen LogP) is 4.69. The number of hydrogen-bond donors (Lipinski definition) is 0. The molecule has 0 aromatic heterocycles. The van der Waals surface area contributed by atoms with E-state index >= 15 is 0 Å². The Hall–Kier alpha value is -2.08. The first-order valence-electron chi connectivity index (χ1n) is 12.4. The molecule has 3 aliphatic heterocycles. The highest BCUT2D eigenvalue weighted by molar-refractivity contribution is 5.59. The predicted molar refractivity (Wildman–Crippen MR) is 127 cm³/mol. The van der Waals surface area contributed by atoms with Crippen LogP contribution in [-0.4, -0.2) is 49.6 Å². The number of aryl methyl sites for hydroxylation is 1. The molecule has 2 aromatic carbocycles. The molecule has 7 atom stereocenters. The van der Waals surface area contributed by atoms with Crippen LogP contribution in [0, 0.1) is 18.8 Å². The quantitative estimate of drug-likeness (QED) is 0.680. The summed E-state index contributed by atoms with van der Waals surface area (Å²) in [4.78, 5) is 2.52. The largest absolute Gasteiger partial charge is 0.485 e. The Morgan fingerprint density at radius 1 is 1.09 bits per heavy atom. The van der Waals surface area contributed by atoms with Crippen molar-refractivity contribution in [2.24, 2.45) is 11.8 Å². The molecule has 2 aromatic rings. The van der Waals surface area contributed by atoms with Crippen LogP contribution in [-0.2, 0) is 21.5 Å². The zero-order chi connectivity index (χ0) is 22.7. The van der Waals surface area contributed by atoms with Gasteiger partial charge in [0.25, 0.3) is 0 Å². The molecule has 5 nitrogen and oxygen atoms in total. The Kier molecular flexibility index (Phi) is 5.20. The molecular weight excluding hydrogens is 414 g/mol.